The predicted octanol–water partition coefficient (Wildman–Crippen LogP) is 3.09. The first-order valence-electron chi connectivity index (χ1n) is 6.17. The van der Waals surface area contributed by atoms with Gasteiger partial charge in [-0.25, -0.2) is 0 Å². The van der Waals surface area contributed by atoms with Gasteiger partial charge in [-0.15, -0.1) is 11.8 Å². The fourth-order valence-electron chi connectivity index (χ4n) is 2.30. The Labute approximate surface area is 111 Å². The highest BCUT2D eigenvalue weighted by Crippen LogP contribution is 2.37. The monoisotopic (exact) mass is 260 g/mol. The summed E-state index contributed by atoms with van der Waals surface area (Å²) in [5.41, 5.74) is 7.60. The molecule has 0 bridgehead atoms. The number of fused-ring (bicyclic) bond motifs is 1. The number of rotatable bonds is 2. The second-order valence-electron chi connectivity index (χ2n) is 4.57. The molecule has 4 heteroatoms. The molecule has 0 amide bonds. The van der Waals surface area contributed by atoms with Gasteiger partial charge in [0, 0.05) is 28.3 Å². The van der Waals surface area contributed by atoms with Gasteiger partial charge in [0.25, 0.3) is 0 Å². The lowest BCUT2D eigenvalue weighted by Gasteiger charge is -2.15. The van der Waals surface area contributed by atoms with Gasteiger partial charge in [0.1, 0.15) is 0 Å². The number of nitrogen functional groups attached to an aromatic ring is 1. The number of pyridine rings is 1. The van der Waals surface area contributed by atoms with Crippen molar-refractivity contribution in [3.63, 3.8) is 0 Å². The van der Waals surface area contributed by atoms with Gasteiger partial charge in [0.2, 0.25) is 0 Å². The van der Waals surface area contributed by atoms with Crippen LogP contribution in [-0.4, -0.2) is 22.9 Å². The lowest BCUT2D eigenvalue weighted by molar-refractivity contribution is 0.127. The van der Waals surface area contributed by atoms with Gasteiger partial charge < -0.3 is 10.5 Å². The van der Waals surface area contributed by atoms with Crippen molar-refractivity contribution in [2.45, 2.75) is 29.6 Å². The van der Waals surface area contributed by atoms with E-state index in [1.54, 1.807) is 6.20 Å². The van der Waals surface area contributed by atoms with E-state index in [1.807, 2.05) is 23.9 Å². The molecule has 2 heterocycles. The van der Waals surface area contributed by atoms with E-state index < -0.39 is 0 Å². The quantitative estimate of drug-likeness (QED) is 0.843. The Bertz CT molecular complexity index is 573. The molecule has 2 aromatic rings. The summed E-state index contributed by atoms with van der Waals surface area (Å²) in [7, 11) is 0. The topological polar surface area (TPSA) is 48.1 Å². The van der Waals surface area contributed by atoms with E-state index in [0.29, 0.717) is 11.4 Å². The highest BCUT2D eigenvalue weighted by atomic mass is 32.2. The Morgan fingerprint density at radius 2 is 2.28 bits per heavy atom. The second-order valence-corrected chi connectivity index (χ2v) is 5.85. The van der Waals surface area contributed by atoms with Gasteiger partial charge in [-0.2, -0.15) is 0 Å². The first kappa shape index (κ1) is 11.8. The highest BCUT2D eigenvalue weighted by Gasteiger charge is 2.25. The average Bonchev–Trinajstić information content (AvgIpc) is 2.79. The van der Waals surface area contributed by atoms with Crippen molar-refractivity contribution in [2.75, 3.05) is 12.3 Å². The highest BCUT2D eigenvalue weighted by molar-refractivity contribution is 8.00. The summed E-state index contributed by atoms with van der Waals surface area (Å²) in [6.45, 7) is 3.01. The smallest absolute Gasteiger partial charge is 0.0942 e. The number of aromatic nitrogens is 1. The van der Waals surface area contributed by atoms with E-state index in [2.05, 4.69) is 24.0 Å². The van der Waals surface area contributed by atoms with Crippen molar-refractivity contribution >= 4 is 28.4 Å². The zero-order chi connectivity index (χ0) is 12.5. The maximum absolute atomic E-state index is 5.96. The van der Waals surface area contributed by atoms with Crippen LogP contribution in [0.3, 0.4) is 0 Å². The van der Waals surface area contributed by atoms with Crippen molar-refractivity contribution in [1.82, 2.24) is 4.98 Å². The van der Waals surface area contributed by atoms with Crippen LogP contribution in [0, 0.1) is 0 Å². The van der Waals surface area contributed by atoms with Crippen molar-refractivity contribution in [3.8, 4) is 0 Å². The molecule has 18 heavy (non-hydrogen) atoms. The van der Waals surface area contributed by atoms with Crippen molar-refractivity contribution < 1.29 is 4.74 Å². The maximum atomic E-state index is 5.96. The van der Waals surface area contributed by atoms with E-state index in [0.717, 1.165) is 29.6 Å². The molecule has 94 valence electrons. The Kier molecular flexibility index (Phi) is 3.14. The van der Waals surface area contributed by atoms with Crippen LogP contribution in [-0.2, 0) is 4.74 Å². The van der Waals surface area contributed by atoms with Gasteiger partial charge in [0.05, 0.1) is 17.3 Å². The third-order valence-electron chi connectivity index (χ3n) is 3.35. The lowest BCUT2D eigenvalue weighted by atomic mass is 10.2. The van der Waals surface area contributed by atoms with Crippen LogP contribution in [0.2, 0.25) is 0 Å². The molecule has 1 aliphatic rings. The number of anilines is 1. The predicted molar refractivity (Wildman–Crippen MR) is 75.8 cm³/mol. The van der Waals surface area contributed by atoms with Crippen LogP contribution >= 0.6 is 11.8 Å². The van der Waals surface area contributed by atoms with E-state index >= 15 is 0 Å². The molecule has 3 nitrogen and oxygen atoms in total. The maximum Gasteiger partial charge on any atom is 0.0942 e. The van der Waals surface area contributed by atoms with Crippen molar-refractivity contribution in [3.05, 3.63) is 30.5 Å². The summed E-state index contributed by atoms with van der Waals surface area (Å²) in [5, 5.41) is 1.67. The minimum atomic E-state index is 0.319. The molecule has 0 radical (unpaired) electrons. The standard InChI is InChI=1S/C14H16N2OS/c1-9-12(6-8-17-9)18-13-5-4-11(15)14-10(13)3-2-7-16-14/h2-5,7,9,12H,6,8,15H2,1H3. The fraction of sp³-hybridized carbons (Fsp3) is 0.357. The molecule has 1 aliphatic heterocycles. The molecule has 0 aliphatic carbocycles. The lowest BCUT2D eigenvalue weighted by Crippen LogP contribution is -2.13. The summed E-state index contributed by atoms with van der Waals surface area (Å²) >= 11 is 1.88. The fourth-order valence-corrected chi connectivity index (χ4v) is 3.55. The second kappa shape index (κ2) is 4.78. The summed E-state index contributed by atoms with van der Waals surface area (Å²) < 4.78 is 5.61. The Morgan fingerprint density at radius 3 is 3.06 bits per heavy atom. The Morgan fingerprint density at radius 1 is 1.39 bits per heavy atom. The minimum Gasteiger partial charge on any atom is -0.397 e. The Hall–Kier alpha value is -1.26. The molecule has 2 unspecified atom stereocenters. The molecule has 2 atom stereocenters. The van der Waals surface area contributed by atoms with E-state index in [4.69, 9.17) is 10.5 Å². The van der Waals surface area contributed by atoms with E-state index in [1.165, 1.54) is 4.90 Å². The molecular formula is C14H16N2OS. The number of thioether (sulfide) groups is 1. The molecule has 3 rings (SSSR count). The molecule has 1 saturated heterocycles. The normalized spacial score (nSPS) is 23.6. The zero-order valence-electron chi connectivity index (χ0n) is 10.3. The molecule has 0 saturated carbocycles. The number of hydrogen-bond donors (Lipinski definition) is 1. The first-order valence-corrected chi connectivity index (χ1v) is 7.05. The van der Waals surface area contributed by atoms with Crippen LogP contribution < -0.4 is 5.73 Å². The summed E-state index contributed by atoms with van der Waals surface area (Å²) in [4.78, 5) is 5.61. The molecule has 1 aromatic carbocycles. The van der Waals surface area contributed by atoms with Crippen LogP contribution in [0.15, 0.2) is 35.4 Å². The number of ether oxygens (including phenoxy) is 1. The third kappa shape index (κ3) is 2.06. The third-order valence-corrected chi connectivity index (χ3v) is 4.88. The van der Waals surface area contributed by atoms with Crippen LogP contribution in [0.5, 0.6) is 0 Å². The molecule has 0 spiro atoms. The van der Waals surface area contributed by atoms with E-state index in [-0.39, 0.29) is 0 Å². The van der Waals surface area contributed by atoms with Gasteiger partial charge in [-0.05, 0) is 31.5 Å². The number of hydrogen-bond acceptors (Lipinski definition) is 4. The number of benzene rings is 1. The van der Waals surface area contributed by atoms with Gasteiger partial charge >= 0.3 is 0 Å². The molecule has 1 fully saturated rings. The largest absolute Gasteiger partial charge is 0.397 e. The van der Waals surface area contributed by atoms with Crippen LogP contribution in [0.1, 0.15) is 13.3 Å². The minimum absolute atomic E-state index is 0.319. The van der Waals surface area contributed by atoms with Crippen molar-refractivity contribution in [2.24, 2.45) is 0 Å². The summed E-state index contributed by atoms with van der Waals surface area (Å²) in [6, 6.07) is 8.08. The SMILES string of the molecule is CC1OCCC1Sc1ccc(N)c2ncccc12. The van der Waals surface area contributed by atoms with Gasteiger partial charge in [-0.1, -0.05) is 6.07 Å². The van der Waals surface area contributed by atoms with Crippen LogP contribution in [0.4, 0.5) is 5.69 Å². The first-order chi connectivity index (χ1) is 8.75. The Balaban J connectivity index is 1.99. The molecule has 1 aromatic heterocycles. The number of nitrogens with two attached hydrogens (primary N) is 1. The van der Waals surface area contributed by atoms with Crippen LogP contribution in [0.25, 0.3) is 10.9 Å². The van der Waals surface area contributed by atoms with E-state index in [9.17, 15) is 0 Å². The van der Waals surface area contributed by atoms with Gasteiger partial charge in [0.15, 0.2) is 0 Å². The van der Waals surface area contributed by atoms with Gasteiger partial charge in [-0.3, -0.25) is 4.98 Å². The van der Waals surface area contributed by atoms with Crippen molar-refractivity contribution in [1.29, 1.82) is 0 Å². The zero-order valence-corrected chi connectivity index (χ0v) is 11.1. The summed E-state index contributed by atoms with van der Waals surface area (Å²) in [6.07, 6.45) is 3.21. The molecular weight excluding hydrogens is 244 g/mol. The average molecular weight is 260 g/mol. The molecule has 2 N–H and O–H groups in total. The number of nitrogens with zero attached hydrogens (tertiary/aromatic N) is 1. The summed E-state index contributed by atoms with van der Waals surface area (Å²) in [5.74, 6) is 0.